The van der Waals surface area contributed by atoms with Gasteiger partial charge in [0.15, 0.2) is 0 Å². The Balaban J connectivity index is 1.66. The van der Waals surface area contributed by atoms with Crippen molar-refractivity contribution < 1.29 is 4.42 Å². The van der Waals surface area contributed by atoms with E-state index in [9.17, 15) is 4.79 Å². The van der Waals surface area contributed by atoms with Crippen molar-refractivity contribution in [3.8, 4) is 27.6 Å². The van der Waals surface area contributed by atoms with Gasteiger partial charge in [-0.15, -0.1) is 11.3 Å². The minimum absolute atomic E-state index is 0.402. The number of halogens is 1. The topological polar surface area (TPSA) is 60.9 Å². The number of aryl methyl sites for hydroxylation is 1. The van der Waals surface area contributed by atoms with Crippen molar-refractivity contribution in [3.63, 3.8) is 0 Å². The molecule has 3 heterocycles. The maximum Gasteiger partial charge on any atom is 0.345 e. The second-order valence-corrected chi connectivity index (χ2v) is 8.35. The van der Waals surface area contributed by atoms with E-state index in [1.807, 2.05) is 66.9 Å². The lowest BCUT2D eigenvalue weighted by Crippen LogP contribution is -2.07. The number of hydrogen-bond donors (Lipinski definition) is 0. The van der Waals surface area contributed by atoms with Gasteiger partial charge in [-0.1, -0.05) is 46.3 Å². The summed E-state index contributed by atoms with van der Waals surface area (Å²) in [5.74, 6) is 0. The maximum absolute atomic E-state index is 12.7. The molecule has 0 saturated carbocycles. The zero-order chi connectivity index (χ0) is 20.0. The van der Waals surface area contributed by atoms with Crippen LogP contribution >= 0.6 is 27.3 Å². The zero-order valence-corrected chi connectivity index (χ0v) is 17.7. The fourth-order valence-electron chi connectivity index (χ4n) is 3.21. The largest absolute Gasteiger partial charge is 0.422 e. The Labute approximate surface area is 178 Å². The highest BCUT2D eigenvalue weighted by Gasteiger charge is 2.18. The summed E-state index contributed by atoms with van der Waals surface area (Å²) < 4.78 is 8.17. The minimum Gasteiger partial charge on any atom is -0.422 e. The zero-order valence-electron chi connectivity index (χ0n) is 15.3. The van der Waals surface area contributed by atoms with Crippen LogP contribution < -0.4 is 5.63 Å². The molecule has 0 fully saturated rings. The summed E-state index contributed by atoms with van der Waals surface area (Å²) in [5, 5.41) is 8.10. The highest BCUT2D eigenvalue weighted by molar-refractivity contribution is 9.10. The van der Waals surface area contributed by atoms with Gasteiger partial charge < -0.3 is 4.42 Å². The van der Waals surface area contributed by atoms with Gasteiger partial charge >= 0.3 is 5.63 Å². The van der Waals surface area contributed by atoms with Gasteiger partial charge in [-0.2, -0.15) is 5.10 Å². The third-order valence-corrected chi connectivity index (χ3v) is 5.85. The molecule has 0 bridgehead atoms. The third kappa shape index (κ3) is 3.32. The SMILES string of the molecule is Cc1cc(-c2cc3cc(Br)ccc3oc2=O)n(-c2nc(-c3ccccc3)cs2)n1. The Hall–Kier alpha value is -3.03. The summed E-state index contributed by atoms with van der Waals surface area (Å²) in [5.41, 5.74) is 3.96. The summed E-state index contributed by atoms with van der Waals surface area (Å²) in [6, 6.07) is 19.2. The van der Waals surface area contributed by atoms with Crippen molar-refractivity contribution in [1.82, 2.24) is 14.8 Å². The van der Waals surface area contributed by atoms with Crippen LogP contribution in [0.5, 0.6) is 0 Å². The second-order valence-electron chi connectivity index (χ2n) is 6.59. The molecule has 0 amide bonds. The quantitative estimate of drug-likeness (QED) is 0.315. The molecule has 0 saturated heterocycles. The molecule has 0 aliphatic rings. The van der Waals surface area contributed by atoms with Gasteiger partial charge in [0.1, 0.15) is 5.58 Å². The van der Waals surface area contributed by atoms with Crippen molar-refractivity contribution in [2.24, 2.45) is 0 Å². The maximum atomic E-state index is 12.7. The van der Waals surface area contributed by atoms with Gasteiger partial charge in [0.05, 0.1) is 22.6 Å². The number of fused-ring (bicyclic) bond motifs is 1. The molecule has 142 valence electrons. The lowest BCUT2D eigenvalue weighted by atomic mass is 10.1. The van der Waals surface area contributed by atoms with E-state index in [0.717, 1.165) is 26.8 Å². The number of benzene rings is 2. The number of thiazole rings is 1. The molecule has 7 heteroatoms. The van der Waals surface area contributed by atoms with Crippen LogP contribution in [0.15, 0.2) is 79.7 Å². The lowest BCUT2D eigenvalue weighted by Gasteiger charge is -2.05. The van der Waals surface area contributed by atoms with Gasteiger partial charge in [-0.25, -0.2) is 14.5 Å². The molecule has 0 spiro atoms. The first-order valence-electron chi connectivity index (χ1n) is 8.90. The van der Waals surface area contributed by atoms with Crippen LogP contribution in [0.1, 0.15) is 5.69 Å². The molecule has 0 radical (unpaired) electrons. The molecule has 3 aromatic heterocycles. The Kier molecular flexibility index (Phi) is 4.41. The van der Waals surface area contributed by atoms with E-state index in [0.29, 0.717) is 22.0 Å². The van der Waals surface area contributed by atoms with Crippen LogP contribution in [0.25, 0.3) is 38.6 Å². The predicted octanol–water partition coefficient (Wildman–Crippen LogP) is 5.84. The van der Waals surface area contributed by atoms with Crippen LogP contribution in [-0.2, 0) is 0 Å². The number of rotatable bonds is 3. The molecule has 0 aliphatic carbocycles. The van der Waals surface area contributed by atoms with E-state index >= 15 is 0 Å². The summed E-state index contributed by atoms with van der Waals surface area (Å²) >= 11 is 4.95. The van der Waals surface area contributed by atoms with E-state index in [2.05, 4.69) is 21.0 Å². The minimum atomic E-state index is -0.402. The molecule has 0 atom stereocenters. The van der Waals surface area contributed by atoms with E-state index in [1.54, 1.807) is 10.7 Å². The Morgan fingerprint density at radius 3 is 2.72 bits per heavy atom. The van der Waals surface area contributed by atoms with Crippen LogP contribution in [0.2, 0.25) is 0 Å². The van der Waals surface area contributed by atoms with Crippen molar-refractivity contribution in [1.29, 1.82) is 0 Å². The number of nitrogens with zero attached hydrogens (tertiary/aromatic N) is 3. The molecular formula is C22H14BrN3O2S. The normalized spacial score (nSPS) is 11.2. The molecule has 0 unspecified atom stereocenters. The molecule has 5 rings (SSSR count). The molecule has 5 aromatic rings. The predicted molar refractivity (Wildman–Crippen MR) is 119 cm³/mol. The Morgan fingerprint density at radius 1 is 1.07 bits per heavy atom. The first-order valence-corrected chi connectivity index (χ1v) is 10.6. The van der Waals surface area contributed by atoms with Crippen LogP contribution in [-0.4, -0.2) is 14.8 Å². The molecule has 29 heavy (non-hydrogen) atoms. The van der Waals surface area contributed by atoms with Gasteiger partial charge in [-0.3, -0.25) is 0 Å². The van der Waals surface area contributed by atoms with Crippen molar-refractivity contribution >= 4 is 38.2 Å². The monoisotopic (exact) mass is 463 g/mol. The fraction of sp³-hybridized carbons (Fsp3) is 0.0455. The summed E-state index contributed by atoms with van der Waals surface area (Å²) in [4.78, 5) is 17.4. The van der Waals surface area contributed by atoms with Crippen LogP contribution in [0, 0.1) is 6.92 Å². The van der Waals surface area contributed by atoms with Crippen LogP contribution in [0.3, 0.4) is 0 Å². The average molecular weight is 464 g/mol. The van der Waals surface area contributed by atoms with Crippen molar-refractivity contribution in [2.45, 2.75) is 6.92 Å². The number of aromatic nitrogens is 3. The van der Waals surface area contributed by atoms with E-state index in [4.69, 9.17) is 9.40 Å². The smallest absolute Gasteiger partial charge is 0.345 e. The second kappa shape index (κ2) is 7.09. The lowest BCUT2D eigenvalue weighted by molar-refractivity contribution is 0.562. The molecule has 5 nitrogen and oxygen atoms in total. The standard InChI is InChI=1S/C22H14BrN3O2S/c1-13-9-19(17-11-15-10-16(23)7-8-20(15)28-21(17)27)26(25-13)22-24-18(12-29-22)14-5-3-2-4-6-14/h2-12H,1H3. The van der Waals surface area contributed by atoms with Gasteiger partial charge in [0.25, 0.3) is 0 Å². The average Bonchev–Trinajstić information content (AvgIpc) is 3.35. The summed E-state index contributed by atoms with van der Waals surface area (Å²) in [6.45, 7) is 1.89. The number of hydrogen-bond acceptors (Lipinski definition) is 5. The van der Waals surface area contributed by atoms with Crippen LogP contribution in [0.4, 0.5) is 0 Å². The van der Waals surface area contributed by atoms with E-state index in [1.165, 1.54) is 11.3 Å². The highest BCUT2D eigenvalue weighted by Crippen LogP contribution is 2.29. The van der Waals surface area contributed by atoms with Crippen molar-refractivity contribution in [3.05, 3.63) is 86.6 Å². The van der Waals surface area contributed by atoms with Gasteiger partial charge in [0, 0.05) is 20.8 Å². The highest BCUT2D eigenvalue weighted by atomic mass is 79.9. The summed E-state index contributed by atoms with van der Waals surface area (Å²) in [7, 11) is 0. The molecule has 0 N–H and O–H groups in total. The van der Waals surface area contributed by atoms with E-state index < -0.39 is 5.63 Å². The van der Waals surface area contributed by atoms with Gasteiger partial charge in [-0.05, 0) is 37.3 Å². The molecule has 0 aliphatic heterocycles. The van der Waals surface area contributed by atoms with E-state index in [-0.39, 0.29) is 0 Å². The molecule has 2 aromatic carbocycles. The molecular weight excluding hydrogens is 450 g/mol. The van der Waals surface area contributed by atoms with Crippen molar-refractivity contribution in [2.75, 3.05) is 0 Å². The summed E-state index contributed by atoms with van der Waals surface area (Å²) in [6.07, 6.45) is 0. The first kappa shape index (κ1) is 18.0. The van der Waals surface area contributed by atoms with Gasteiger partial charge in [0.2, 0.25) is 5.13 Å². The third-order valence-electron chi connectivity index (χ3n) is 4.54. The fourth-order valence-corrected chi connectivity index (χ4v) is 4.39. The Bertz CT molecular complexity index is 1400. The Morgan fingerprint density at radius 2 is 1.90 bits per heavy atom. The first-order chi connectivity index (χ1) is 14.1.